The number of aromatic nitrogens is 3. The van der Waals surface area contributed by atoms with Crippen molar-refractivity contribution >= 4 is 27.7 Å². The molecule has 138 valence electrons. The number of fused-ring (bicyclic) bond motifs is 1. The van der Waals surface area contributed by atoms with Crippen molar-refractivity contribution in [3.05, 3.63) is 46.0 Å². The van der Waals surface area contributed by atoms with Crippen molar-refractivity contribution in [1.82, 2.24) is 25.4 Å². The highest BCUT2D eigenvalue weighted by atomic mass is 79.9. The Morgan fingerprint density at radius 2 is 2.00 bits per heavy atom. The smallest absolute Gasteiger partial charge is 0.222 e. The number of nitrogens with one attached hydrogen (secondary N) is 2. The molecule has 2 aromatic rings. The first kappa shape index (κ1) is 18.6. The Hall–Kier alpha value is -2.22. The van der Waals surface area contributed by atoms with Crippen LogP contribution in [-0.2, 0) is 29.1 Å². The van der Waals surface area contributed by atoms with Gasteiger partial charge < -0.3 is 15.2 Å². The first-order chi connectivity index (χ1) is 12.5. The van der Waals surface area contributed by atoms with Gasteiger partial charge in [0.15, 0.2) is 5.82 Å². The summed E-state index contributed by atoms with van der Waals surface area (Å²) in [6.45, 7) is 2.70. The van der Waals surface area contributed by atoms with Crippen molar-refractivity contribution in [3.8, 4) is 0 Å². The standard InChI is InChI=1S/C18H22BrN5O2/c1-12(25)21-15(13-5-7-14(19)8-6-13)10-18(26)20-11-17-23-22-16-4-2-3-9-24(16)17/h5-8,15H,2-4,9-11H2,1H3,(H,20,26)(H,21,25). The normalized spacial score (nSPS) is 14.4. The summed E-state index contributed by atoms with van der Waals surface area (Å²) in [5.41, 5.74) is 0.887. The molecule has 2 amide bonds. The highest BCUT2D eigenvalue weighted by molar-refractivity contribution is 9.10. The van der Waals surface area contributed by atoms with Crippen molar-refractivity contribution in [2.24, 2.45) is 0 Å². The van der Waals surface area contributed by atoms with E-state index in [-0.39, 0.29) is 24.3 Å². The summed E-state index contributed by atoms with van der Waals surface area (Å²) < 4.78 is 3.04. The van der Waals surface area contributed by atoms with Crippen molar-refractivity contribution in [3.63, 3.8) is 0 Å². The minimum atomic E-state index is -0.368. The molecule has 7 nitrogen and oxygen atoms in total. The number of amides is 2. The molecule has 1 aliphatic heterocycles. The lowest BCUT2D eigenvalue weighted by Gasteiger charge is -2.19. The van der Waals surface area contributed by atoms with Gasteiger partial charge in [0.2, 0.25) is 11.8 Å². The highest BCUT2D eigenvalue weighted by Crippen LogP contribution is 2.20. The molecule has 1 aromatic heterocycles. The largest absolute Gasteiger partial charge is 0.349 e. The predicted octanol–water partition coefficient (Wildman–Crippen LogP) is 2.26. The average molecular weight is 420 g/mol. The molecule has 0 spiro atoms. The van der Waals surface area contributed by atoms with E-state index in [1.165, 1.54) is 6.92 Å². The maximum Gasteiger partial charge on any atom is 0.222 e. The van der Waals surface area contributed by atoms with Gasteiger partial charge in [-0.05, 0) is 30.5 Å². The van der Waals surface area contributed by atoms with E-state index in [0.29, 0.717) is 6.54 Å². The monoisotopic (exact) mass is 419 g/mol. The topological polar surface area (TPSA) is 88.9 Å². The molecule has 0 aliphatic carbocycles. The van der Waals surface area contributed by atoms with Gasteiger partial charge >= 0.3 is 0 Å². The third-order valence-electron chi connectivity index (χ3n) is 4.42. The second-order valence-corrected chi connectivity index (χ2v) is 7.34. The zero-order chi connectivity index (χ0) is 18.5. The summed E-state index contributed by atoms with van der Waals surface area (Å²) in [6, 6.07) is 7.21. The van der Waals surface area contributed by atoms with Gasteiger partial charge in [-0.2, -0.15) is 0 Å². The Kier molecular flexibility index (Phi) is 6.03. The molecule has 1 unspecified atom stereocenters. The highest BCUT2D eigenvalue weighted by Gasteiger charge is 2.19. The van der Waals surface area contributed by atoms with Crippen LogP contribution >= 0.6 is 15.9 Å². The van der Waals surface area contributed by atoms with Crippen LogP contribution in [0.2, 0.25) is 0 Å². The minimum absolute atomic E-state index is 0.139. The molecule has 0 bridgehead atoms. The van der Waals surface area contributed by atoms with Crippen LogP contribution in [0.5, 0.6) is 0 Å². The second kappa shape index (κ2) is 8.44. The number of carbonyl (C=O) groups excluding carboxylic acids is 2. The van der Waals surface area contributed by atoms with E-state index in [2.05, 4.69) is 41.3 Å². The van der Waals surface area contributed by atoms with E-state index in [4.69, 9.17) is 0 Å². The fourth-order valence-electron chi connectivity index (χ4n) is 3.13. The molecule has 1 atom stereocenters. The van der Waals surface area contributed by atoms with Crippen molar-refractivity contribution in [1.29, 1.82) is 0 Å². The van der Waals surface area contributed by atoms with Gasteiger partial charge in [-0.25, -0.2) is 0 Å². The second-order valence-electron chi connectivity index (χ2n) is 6.43. The van der Waals surface area contributed by atoms with Crippen LogP contribution < -0.4 is 10.6 Å². The fraction of sp³-hybridized carbons (Fsp3) is 0.444. The molecule has 0 saturated heterocycles. The lowest BCUT2D eigenvalue weighted by Crippen LogP contribution is -2.33. The summed E-state index contributed by atoms with van der Waals surface area (Å²) in [5, 5.41) is 14.1. The van der Waals surface area contributed by atoms with Gasteiger partial charge in [-0.15, -0.1) is 10.2 Å². The van der Waals surface area contributed by atoms with E-state index in [9.17, 15) is 9.59 Å². The molecule has 1 aromatic carbocycles. The molecule has 3 rings (SSSR count). The summed E-state index contributed by atoms with van der Waals surface area (Å²) in [7, 11) is 0. The average Bonchev–Trinajstić information content (AvgIpc) is 3.03. The van der Waals surface area contributed by atoms with Crippen LogP contribution in [0.3, 0.4) is 0 Å². The Morgan fingerprint density at radius 3 is 2.73 bits per heavy atom. The Labute approximate surface area is 160 Å². The van der Waals surface area contributed by atoms with Crippen LogP contribution in [0.1, 0.15) is 49.4 Å². The minimum Gasteiger partial charge on any atom is -0.349 e. The third kappa shape index (κ3) is 4.69. The molecule has 26 heavy (non-hydrogen) atoms. The number of hydrogen-bond donors (Lipinski definition) is 2. The molecule has 0 radical (unpaired) electrons. The van der Waals surface area contributed by atoms with E-state index in [1.807, 2.05) is 24.3 Å². The van der Waals surface area contributed by atoms with Crippen LogP contribution in [0.4, 0.5) is 0 Å². The van der Waals surface area contributed by atoms with Crippen LogP contribution in [-0.4, -0.2) is 26.6 Å². The Morgan fingerprint density at radius 1 is 1.23 bits per heavy atom. The summed E-state index contributed by atoms with van der Waals surface area (Å²) >= 11 is 3.39. The molecule has 0 fully saturated rings. The zero-order valence-electron chi connectivity index (χ0n) is 14.7. The number of rotatable bonds is 6. The Balaban J connectivity index is 1.61. The molecular weight excluding hydrogens is 398 g/mol. The number of hydrogen-bond acceptors (Lipinski definition) is 4. The predicted molar refractivity (Wildman–Crippen MR) is 100 cm³/mol. The van der Waals surface area contributed by atoms with E-state index < -0.39 is 0 Å². The SMILES string of the molecule is CC(=O)NC(CC(=O)NCc1nnc2n1CCCC2)c1ccc(Br)cc1. The number of aryl methyl sites for hydroxylation is 1. The van der Waals surface area contributed by atoms with Gasteiger partial charge in [0.25, 0.3) is 0 Å². The van der Waals surface area contributed by atoms with Gasteiger partial charge in [0.1, 0.15) is 5.82 Å². The molecule has 0 saturated carbocycles. The quantitative estimate of drug-likeness (QED) is 0.751. The molecular formula is C18H22BrN5O2. The van der Waals surface area contributed by atoms with Crippen LogP contribution in [0, 0.1) is 0 Å². The van der Waals surface area contributed by atoms with Gasteiger partial charge in [-0.1, -0.05) is 28.1 Å². The number of halogens is 1. The molecule has 2 heterocycles. The van der Waals surface area contributed by atoms with Crippen molar-refractivity contribution < 1.29 is 9.59 Å². The summed E-state index contributed by atoms with van der Waals surface area (Å²) in [6.07, 6.45) is 3.35. The van der Waals surface area contributed by atoms with Gasteiger partial charge in [0.05, 0.1) is 19.0 Å². The van der Waals surface area contributed by atoms with Gasteiger partial charge in [0, 0.05) is 24.4 Å². The van der Waals surface area contributed by atoms with E-state index >= 15 is 0 Å². The number of benzene rings is 1. The van der Waals surface area contributed by atoms with E-state index in [0.717, 1.165) is 47.5 Å². The number of nitrogens with zero attached hydrogens (tertiary/aromatic N) is 3. The lowest BCUT2D eigenvalue weighted by molar-refractivity contribution is -0.123. The number of carbonyl (C=O) groups is 2. The lowest BCUT2D eigenvalue weighted by atomic mass is 10.0. The Bertz CT molecular complexity index is 787. The van der Waals surface area contributed by atoms with Crippen LogP contribution in [0.15, 0.2) is 28.7 Å². The van der Waals surface area contributed by atoms with Crippen LogP contribution in [0.25, 0.3) is 0 Å². The molecule has 8 heteroatoms. The first-order valence-electron chi connectivity index (χ1n) is 8.73. The summed E-state index contributed by atoms with van der Waals surface area (Å²) in [4.78, 5) is 23.9. The first-order valence-corrected chi connectivity index (χ1v) is 9.52. The maximum absolute atomic E-state index is 12.4. The fourth-order valence-corrected chi connectivity index (χ4v) is 3.39. The van der Waals surface area contributed by atoms with Crippen molar-refractivity contribution in [2.45, 2.75) is 51.7 Å². The summed E-state index contributed by atoms with van der Waals surface area (Å²) in [5.74, 6) is 1.47. The van der Waals surface area contributed by atoms with Crippen molar-refractivity contribution in [2.75, 3.05) is 0 Å². The van der Waals surface area contributed by atoms with Gasteiger partial charge in [-0.3, -0.25) is 9.59 Å². The molecule has 1 aliphatic rings. The van der Waals surface area contributed by atoms with E-state index in [1.54, 1.807) is 0 Å². The maximum atomic E-state index is 12.4. The third-order valence-corrected chi connectivity index (χ3v) is 4.95. The zero-order valence-corrected chi connectivity index (χ0v) is 16.3. The molecule has 2 N–H and O–H groups in total.